The smallest absolute Gasteiger partial charge is 0.263 e. The van der Waals surface area contributed by atoms with Crippen molar-refractivity contribution in [3.05, 3.63) is 45.4 Å². The summed E-state index contributed by atoms with van der Waals surface area (Å²) in [5, 5.41) is 4.78. The molecule has 0 aliphatic rings. The van der Waals surface area contributed by atoms with Gasteiger partial charge in [0.15, 0.2) is 0 Å². The number of benzene rings is 1. The molecule has 0 saturated carbocycles. The normalized spacial score (nSPS) is 11.6. The van der Waals surface area contributed by atoms with Gasteiger partial charge in [0.25, 0.3) is 10.0 Å². The van der Waals surface area contributed by atoms with Crippen LogP contribution in [0.15, 0.2) is 34.5 Å². The van der Waals surface area contributed by atoms with E-state index in [1.54, 1.807) is 12.4 Å². The predicted molar refractivity (Wildman–Crippen MR) is 79.3 cm³/mol. The molecule has 0 aliphatic heterocycles. The first-order chi connectivity index (χ1) is 9.44. The van der Waals surface area contributed by atoms with E-state index in [0.29, 0.717) is 11.4 Å². The summed E-state index contributed by atoms with van der Waals surface area (Å²) in [7, 11) is -2.10. The minimum Gasteiger partial charge on any atom is -0.315 e. The maximum Gasteiger partial charge on any atom is 0.263 e. The first-order valence-electron chi connectivity index (χ1n) is 5.63. The van der Waals surface area contributed by atoms with Crippen LogP contribution < -0.4 is 10.0 Å². The van der Waals surface area contributed by atoms with Crippen molar-refractivity contribution in [2.45, 2.75) is 11.4 Å². The monoisotopic (exact) mass is 334 g/mol. The van der Waals surface area contributed by atoms with Gasteiger partial charge in [-0.15, -0.1) is 11.3 Å². The maximum atomic E-state index is 13.6. The van der Waals surface area contributed by atoms with Gasteiger partial charge in [0.1, 0.15) is 10.7 Å². The number of hydrogen-bond acceptors (Lipinski definition) is 4. The van der Waals surface area contributed by atoms with Crippen LogP contribution in [0.5, 0.6) is 0 Å². The lowest BCUT2D eigenvalue weighted by atomic mass is 10.3. The molecule has 2 rings (SSSR count). The van der Waals surface area contributed by atoms with Crippen LogP contribution in [-0.2, 0) is 16.6 Å². The molecule has 0 amide bonds. The Labute approximate surface area is 125 Å². The Morgan fingerprint density at radius 1 is 1.35 bits per heavy atom. The average molecular weight is 335 g/mol. The van der Waals surface area contributed by atoms with Gasteiger partial charge in [0.2, 0.25) is 0 Å². The second-order valence-corrected chi connectivity index (χ2v) is 7.06. The van der Waals surface area contributed by atoms with Crippen LogP contribution in [0.25, 0.3) is 0 Å². The molecule has 0 aliphatic carbocycles. The number of rotatable bonds is 5. The fourth-order valence-corrected chi connectivity index (χ4v) is 4.31. The third-order valence-electron chi connectivity index (χ3n) is 2.51. The number of sulfonamides is 1. The molecule has 1 aromatic heterocycles. The highest BCUT2D eigenvalue weighted by molar-refractivity contribution is 7.93. The van der Waals surface area contributed by atoms with Crippen LogP contribution in [0.4, 0.5) is 10.1 Å². The van der Waals surface area contributed by atoms with E-state index in [1.165, 1.54) is 29.5 Å². The zero-order chi connectivity index (χ0) is 14.8. The van der Waals surface area contributed by atoms with Crippen LogP contribution in [0.3, 0.4) is 0 Å². The van der Waals surface area contributed by atoms with Crippen molar-refractivity contribution in [1.82, 2.24) is 5.32 Å². The van der Waals surface area contributed by atoms with Crippen molar-refractivity contribution < 1.29 is 12.8 Å². The summed E-state index contributed by atoms with van der Waals surface area (Å²) < 4.78 is 40.4. The van der Waals surface area contributed by atoms with Crippen LogP contribution in [0, 0.1) is 5.82 Å². The summed E-state index contributed by atoms with van der Waals surface area (Å²) in [4.78, 5) is 0.806. The minimum absolute atomic E-state index is 0.129. The molecule has 1 heterocycles. The van der Waals surface area contributed by atoms with Gasteiger partial charge in [0, 0.05) is 16.4 Å². The van der Waals surface area contributed by atoms with Gasteiger partial charge in [-0.2, -0.15) is 0 Å². The van der Waals surface area contributed by atoms with Crippen molar-refractivity contribution in [3.8, 4) is 0 Å². The summed E-state index contributed by atoms with van der Waals surface area (Å²) in [6.45, 7) is 0.428. The number of nitrogens with one attached hydrogen (secondary N) is 2. The van der Waals surface area contributed by atoms with E-state index in [2.05, 4.69) is 10.0 Å². The Morgan fingerprint density at radius 3 is 2.75 bits per heavy atom. The zero-order valence-corrected chi connectivity index (χ0v) is 12.9. The molecule has 8 heteroatoms. The van der Waals surface area contributed by atoms with E-state index in [9.17, 15) is 12.8 Å². The average Bonchev–Trinajstić information content (AvgIpc) is 2.82. The van der Waals surface area contributed by atoms with Crippen molar-refractivity contribution in [3.63, 3.8) is 0 Å². The molecule has 0 saturated heterocycles. The van der Waals surface area contributed by atoms with Gasteiger partial charge >= 0.3 is 0 Å². The first-order valence-corrected chi connectivity index (χ1v) is 8.37. The standard InChI is InChI=1S/C12H12ClFN2O2S2/c1-15-7-11-12(4-5-19-11)20(17,18)16-10-3-2-8(13)6-9(10)14/h2-6,15-16H,7H2,1H3. The second kappa shape index (κ2) is 6.09. The van der Waals surface area contributed by atoms with Crippen LogP contribution in [-0.4, -0.2) is 15.5 Å². The molecule has 2 N–H and O–H groups in total. The molecule has 0 radical (unpaired) electrons. The van der Waals surface area contributed by atoms with Crippen molar-refractivity contribution >= 4 is 38.6 Å². The Hall–Kier alpha value is -1.15. The third kappa shape index (κ3) is 3.29. The summed E-state index contributed by atoms with van der Waals surface area (Å²) >= 11 is 6.95. The molecular formula is C12H12ClFN2O2S2. The van der Waals surface area contributed by atoms with Gasteiger partial charge in [-0.05, 0) is 36.7 Å². The molecule has 0 atom stereocenters. The lowest BCUT2D eigenvalue weighted by Crippen LogP contribution is -2.16. The van der Waals surface area contributed by atoms with Crippen molar-refractivity contribution in [2.24, 2.45) is 0 Å². The Bertz CT molecular complexity index is 716. The summed E-state index contributed by atoms with van der Waals surface area (Å²) in [5.41, 5.74) is -0.129. The largest absolute Gasteiger partial charge is 0.315 e. The van der Waals surface area contributed by atoms with Gasteiger partial charge in [-0.3, -0.25) is 4.72 Å². The predicted octanol–water partition coefficient (Wildman–Crippen LogP) is 3.06. The molecule has 0 fully saturated rings. The Morgan fingerprint density at radius 2 is 2.10 bits per heavy atom. The second-order valence-electron chi connectivity index (χ2n) is 3.97. The molecule has 4 nitrogen and oxygen atoms in total. The SMILES string of the molecule is CNCc1sccc1S(=O)(=O)Nc1ccc(Cl)cc1F. The number of halogens is 2. The summed E-state index contributed by atoms with van der Waals surface area (Å²) in [5.74, 6) is -0.716. The fourth-order valence-electron chi connectivity index (χ4n) is 1.63. The van der Waals surface area contributed by atoms with Gasteiger partial charge in [-0.25, -0.2) is 12.8 Å². The fraction of sp³-hybridized carbons (Fsp3) is 0.167. The van der Waals surface area contributed by atoms with Crippen molar-refractivity contribution in [2.75, 3.05) is 11.8 Å². The minimum atomic E-state index is -3.82. The van der Waals surface area contributed by atoms with E-state index in [0.717, 1.165) is 6.07 Å². The molecular weight excluding hydrogens is 323 g/mol. The Balaban J connectivity index is 2.33. The molecule has 0 spiro atoms. The van der Waals surface area contributed by atoms with Gasteiger partial charge in [0.05, 0.1) is 5.69 Å². The van der Waals surface area contributed by atoms with E-state index in [1.807, 2.05) is 0 Å². The van der Waals surface area contributed by atoms with Gasteiger partial charge < -0.3 is 5.32 Å². The lowest BCUT2D eigenvalue weighted by Gasteiger charge is -2.09. The highest BCUT2D eigenvalue weighted by Gasteiger charge is 2.20. The van der Waals surface area contributed by atoms with E-state index < -0.39 is 15.8 Å². The van der Waals surface area contributed by atoms with Crippen LogP contribution >= 0.6 is 22.9 Å². The van der Waals surface area contributed by atoms with E-state index in [4.69, 9.17) is 11.6 Å². The lowest BCUT2D eigenvalue weighted by molar-refractivity contribution is 0.597. The van der Waals surface area contributed by atoms with E-state index >= 15 is 0 Å². The number of hydrogen-bond donors (Lipinski definition) is 2. The topological polar surface area (TPSA) is 58.2 Å². The molecule has 2 aromatic rings. The van der Waals surface area contributed by atoms with E-state index in [-0.39, 0.29) is 15.6 Å². The van der Waals surface area contributed by atoms with Gasteiger partial charge in [-0.1, -0.05) is 11.6 Å². The molecule has 108 valence electrons. The first kappa shape index (κ1) is 15.2. The maximum absolute atomic E-state index is 13.6. The number of anilines is 1. The highest BCUT2D eigenvalue weighted by Crippen LogP contribution is 2.26. The third-order valence-corrected chi connectivity index (χ3v) is 5.24. The molecule has 0 unspecified atom stereocenters. The molecule has 1 aromatic carbocycles. The Kier molecular flexibility index (Phi) is 4.64. The summed E-state index contributed by atoms with van der Waals surface area (Å²) in [6, 6.07) is 5.26. The highest BCUT2D eigenvalue weighted by atomic mass is 35.5. The van der Waals surface area contributed by atoms with Crippen LogP contribution in [0.2, 0.25) is 5.02 Å². The quantitative estimate of drug-likeness (QED) is 0.883. The number of thiophene rings is 1. The molecule has 0 bridgehead atoms. The summed E-state index contributed by atoms with van der Waals surface area (Å²) in [6.07, 6.45) is 0. The van der Waals surface area contributed by atoms with Crippen LogP contribution in [0.1, 0.15) is 4.88 Å². The molecule has 20 heavy (non-hydrogen) atoms. The van der Waals surface area contributed by atoms with Crippen molar-refractivity contribution in [1.29, 1.82) is 0 Å². The zero-order valence-electron chi connectivity index (χ0n) is 10.5.